The summed E-state index contributed by atoms with van der Waals surface area (Å²) < 4.78 is 70.8. The van der Waals surface area contributed by atoms with Crippen molar-refractivity contribution in [1.29, 1.82) is 0 Å². The van der Waals surface area contributed by atoms with Crippen LogP contribution in [-0.2, 0) is 17.8 Å². The predicted molar refractivity (Wildman–Crippen MR) is 105 cm³/mol. The van der Waals surface area contributed by atoms with Crippen LogP contribution in [0.3, 0.4) is 0 Å². The van der Waals surface area contributed by atoms with Crippen LogP contribution in [0.15, 0.2) is 42.5 Å². The first-order chi connectivity index (χ1) is 13.8. The molecule has 1 unspecified atom stereocenters. The summed E-state index contributed by atoms with van der Waals surface area (Å²) in [6.07, 6.45) is -0.294. The third kappa shape index (κ3) is 4.03. The lowest BCUT2D eigenvalue weighted by Crippen LogP contribution is -2.75. The molecule has 2 aromatic carbocycles. The fraction of sp³-hybridized carbons (Fsp3) is 0.429. The fourth-order valence-electron chi connectivity index (χ4n) is 4.47. The molecule has 0 spiro atoms. The van der Waals surface area contributed by atoms with Gasteiger partial charge in [0.05, 0.1) is 0 Å². The molecule has 3 aliphatic rings. The van der Waals surface area contributed by atoms with Crippen molar-refractivity contribution in [1.82, 2.24) is 10.0 Å². The van der Waals surface area contributed by atoms with Crippen LogP contribution in [-0.4, -0.2) is 34.6 Å². The van der Waals surface area contributed by atoms with Gasteiger partial charge in [-0.2, -0.15) is 0 Å². The van der Waals surface area contributed by atoms with Crippen molar-refractivity contribution in [2.45, 2.75) is 49.5 Å². The van der Waals surface area contributed by atoms with E-state index in [1.165, 1.54) is 24.5 Å². The van der Waals surface area contributed by atoms with Crippen LogP contribution in [0.2, 0.25) is 0 Å². The Hall–Kier alpha value is -1.61. The van der Waals surface area contributed by atoms with Gasteiger partial charge in [0.2, 0.25) is 0 Å². The van der Waals surface area contributed by atoms with Crippen LogP contribution in [0.4, 0.5) is 17.6 Å². The van der Waals surface area contributed by atoms with E-state index in [9.17, 15) is 13.3 Å². The third-order valence-electron chi connectivity index (χ3n) is 5.84. The van der Waals surface area contributed by atoms with Gasteiger partial charge in [-0.05, 0) is 36.5 Å². The molecule has 8 heteroatoms. The molecule has 3 fully saturated rings. The van der Waals surface area contributed by atoms with Gasteiger partial charge < -0.3 is 9.87 Å². The number of benzene rings is 2. The summed E-state index contributed by atoms with van der Waals surface area (Å²) in [5.74, 6) is -0.510. The van der Waals surface area contributed by atoms with Crippen LogP contribution >= 0.6 is 0 Å². The van der Waals surface area contributed by atoms with Crippen molar-refractivity contribution >= 4 is 11.4 Å². The van der Waals surface area contributed by atoms with E-state index in [0.29, 0.717) is 24.0 Å². The van der Waals surface area contributed by atoms with Crippen molar-refractivity contribution in [2.75, 3.05) is 6.26 Å². The maximum atomic E-state index is 15.3. The van der Waals surface area contributed by atoms with Crippen molar-refractivity contribution in [3.63, 3.8) is 0 Å². The van der Waals surface area contributed by atoms with Crippen molar-refractivity contribution in [3.8, 4) is 11.1 Å². The molecule has 2 saturated heterocycles. The van der Waals surface area contributed by atoms with Gasteiger partial charge in [0.25, 0.3) is 6.43 Å². The Bertz CT molecular complexity index is 889. The number of alkyl halides is 3. The lowest BCUT2D eigenvalue weighted by molar-refractivity contribution is -0.0567. The van der Waals surface area contributed by atoms with E-state index in [2.05, 4.69) is 10.0 Å². The Morgan fingerprint density at radius 2 is 1.97 bits per heavy atom. The molecule has 0 aromatic heterocycles. The van der Waals surface area contributed by atoms with Crippen LogP contribution < -0.4 is 10.0 Å². The van der Waals surface area contributed by atoms with Gasteiger partial charge in [-0.25, -0.2) is 17.6 Å². The van der Waals surface area contributed by atoms with E-state index in [1.54, 1.807) is 24.3 Å². The van der Waals surface area contributed by atoms with Crippen LogP contribution in [0.25, 0.3) is 11.1 Å². The minimum Gasteiger partial charge on any atom is -0.598 e. The molecule has 0 amide bonds. The smallest absolute Gasteiger partial charge is 0.263 e. The van der Waals surface area contributed by atoms with Crippen LogP contribution in [0.5, 0.6) is 0 Å². The summed E-state index contributed by atoms with van der Waals surface area (Å²) in [4.78, 5) is 0. The second kappa shape index (κ2) is 7.91. The van der Waals surface area contributed by atoms with E-state index in [1.807, 2.05) is 0 Å². The van der Waals surface area contributed by atoms with Gasteiger partial charge in [-0.1, -0.05) is 36.4 Å². The first-order valence-electron chi connectivity index (χ1n) is 9.47. The summed E-state index contributed by atoms with van der Waals surface area (Å²) in [7, 11) is 0. The zero-order valence-corrected chi connectivity index (χ0v) is 16.6. The summed E-state index contributed by atoms with van der Waals surface area (Å²) >= 11 is -1.41. The zero-order valence-electron chi connectivity index (χ0n) is 15.8. The van der Waals surface area contributed by atoms with Gasteiger partial charge >= 0.3 is 0 Å². The summed E-state index contributed by atoms with van der Waals surface area (Å²) in [5.41, 5.74) is -0.666. The predicted octanol–water partition coefficient (Wildman–Crippen LogP) is 4.07. The lowest BCUT2D eigenvalue weighted by Gasteiger charge is -2.55. The lowest BCUT2D eigenvalue weighted by atomic mass is 9.65. The molecule has 5 rings (SSSR count). The molecular formula is C21H22F4N2OS. The Kier molecular flexibility index (Phi) is 5.63. The molecule has 1 aliphatic carbocycles. The largest absolute Gasteiger partial charge is 0.598 e. The number of fused-ring (bicyclic) bond motifs is 2. The number of piperidine rings is 2. The van der Waals surface area contributed by atoms with Crippen molar-refractivity contribution in [2.24, 2.45) is 0 Å². The normalized spacial score (nSPS) is 29.6. The molecule has 3 nitrogen and oxygen atoms in total. The SMILES string of the molecule is C[S+]([O-])N[C@@H]1[C@H](Cc2cccc(-c3cccc(C(F)F)c3)c2F)NC2CC1(F)C2. The van der Waals surface area contributed by atoms with E-state index in [0.717, 1.165) is 0 Å². The fourth-order valence-corrected chi connectivity index (χ4v) is 5.21. The number of nitrogens with one attached hydrogen (secondary N) is 2. The molecule has 2 aromatic rings. The number of halogens is 4. The molecule has 2 aliphatic heterocycles. The van der Waals surface area contributed by atoms with Crippen molar-refractivity contribution < 1.29 is 22.1 Å². The Balaban J connectivity index is 1.61. The highest BCUT2D eigenvalue weighted by Gasteiger charge is 2.59. The zero-order chi connectivity index (χ0) is 20.8. The molecule has 29 heavy (non-hydrogen) atoms. The number of rotatable bonds is 6. The van der Waals surface area contributed by atoms with Crippen LogP contribution in [0, 0.1) is 5.82 Å². The quantitative estimate of drug-likeness (QED) is 0.541. The van der Waals surface area contributed by atoms with Gasteiger partial charge in [-0.15, -0.1) is 4.72 Å². The Labute approximate surface area is 170 Å². The van der Waals surface area contributed by atoms with E-state index in [-0.39, 0.29) is 23.6 Å². The maximum Gasteiger partial charge on any atom is 0.263 e. The van der Waals surface area contributed by atoms with Gasteiger partial charge in [0.1, 0.15) is 23.8 Å². The highest BCUT2D eigenvalue weighted by Crippen LogP contribution is 2.45. The first kappa shape index (κ1) is 20.7. The van der Waals surface area contributed by atoms with E-state index in [4.69, 9.17) is 0 Å². The highest BCUT2D eigenvalue weighted by molar-refractivity contribution is 7.88. The molecule has 2 heterocycles. The number of hydrogen-bond acceptors (Lipinski definition) is 3. The van der Waals surface area contributed by atoms with E-state index < -0.39 is 41.4 Å². The highest BCUT2D eigenvalue weighted by atomic mass is 32.2. The molecule has 0 radical (unpaired) electrons. The molecular weight excluding hydrogens is 404 g/mol. The molecule has 2 bridgehead atoms. The second-order valence-electron chi connectivity index (χ2n) is 7.87. The maximum absolute atomic E-state index is 15.3. The summed E-state index contributed by atoms with van der Waals surface area (Å²) in [6.45, 7) is 0. The Morgan fingerprint density at radius 1 is 1.24 bits per heavy atom. The number of hydrogen-bond donors (Lipinski definition) is 2. The molecule has 156 valence electrons. The van der Waals surface area contributed by atoms with E-state index >= 15 is 8.78 Å². The minimum absolute atomic E-state index is 0.0299. The van der Waals surface area contributed by atoms with Gasteiger partial charge in [0, 0.05) is 34.6 Å². The topological polar surface area (TPSA) is 47.1 Å². The summed E-state index contributed by atoms with van der Waals surface area (Å²) in [5, 5.41) is 3.32. The average Bonchev–Trinajstić information content (AvgIpc) is 2.64. The Morgan fingerprint density at radius 3 is 2.66 bits per heavy atom. The first-order valence-corrected chi connectivity index (χ1v) is 11.0. The van der Waals surface area contributed by atoms with Gasteiger partial charge in [0.15, 0.2) is 0 Å². The molecule has 3 atom stereocenters. The monoisotopic (exact) mass is 426 g/mol. The minimum atomic E-state index is -2.64. The molecule has 1 saturated carbocycles. The van der Waals surface area contributed by atoms with Gasteiger partial charge in [-0.3, -0.25) is 0 Å². The van der Waals surface area contributed by atoms with Crippen LogP contribution in [0.1, 0.15) is 30.4 Å². The van der Waals surface area contributed by atoms with Crippen molar-refractivity contribution in [3.05, 3.63) is 59.4 Å². The summed E-state index contributed by atoms with van der Waals surface area (Å²) in [6, 6.07) is 9.38. The molecule has 2 N–H and O–H groups in total. The standard InChI is InChI=1S/C21H22F4N2OS/c1-29(28)27-19-17(26-15-10-21(19,25)11-15)9-13-5-3-7-16(18(13)22)12-4-2-6-14(8-12)20(23)24/h2-8,15,17,19-20,26-27H,9-11H2,1H3/t15?,17-,19+,21?,29?/m0/s1. The second-order valence-corrected chi connectivity index (χ2v) is 9.02. The average molecular weight is 426 g/mol. The third-order valence-corrected chi connectivity index (χ3v) is 6.43.